The molecule has 8 heteroatoms. The van der Waals surface area contributed by atoms with Gasteiger partial charge in [-0.3, -0.25) is 9.69 Å². The van der Waals surface area contributed by atoms with Crippen LogP contribution in [0.5, 0.6) is 0 Å². The van der Waals surface area contributed by atoms with E-state index in [9.17, 15) is 4.79 Å². The van der Waals surface area contributed by atoms with Crippen molar-refractivity contribution in [3.8, 4) is 5.82 Å². The highest BCUT2D eigenvalue weighted by molar-refractivity contribution is 6.33. The van der Waals surface area contributed by atoms with Crippen molar-refractivity contribution in [2.45, 2.75) is 39.2 Å². The molecule has 1 N–H and O–H groups in total. The molecule has 0 spiro atoms. The van der Waals surface area contributed by atoms with Gasteiger partial charge in [0.25, 0.3) is 5.91 Å². The SMILES string of the molecule is Cc1cc(C)n(-c2ccc(Cl)c(C(=O)NCC(c3ccco3)N3CCCCC3)n2)n1. The fourth-order valence-electron chi connectivity index (χ4n) is 3.96. The number of halogens is 1. The number of hydrogen-bond acceptors (Lipinski definition) is 5. The number of nitrogens with zero attached hydrogens (tertiary/aromatic N) is 4. The maximum absolute atomic E-state index is 13.0. The number of aromatic nitrogens is 3. The predicted molar refractivity (Wildman–Crippen MR) is 115 cm³/mol. The van der Waals surface area contributed by atoms with Crippen molar-refractivity contribution in [1.29, 1.82) is 0 Å². The van der Waals surface area contributed by atoms with Gasteiger partial charge >= 0.3 is 0 Å². The van der Waals surface area contributed by atoms with Crippen LogP contribution in [0.4, 0.5) is 0 Å². The molecule has 1 fully saturated rings. The van der Waals surface area contributed by atoms with Gasteiger partial charge in [0.05, 0.1) is 23.0 Å². The van der Waals surface area contributed by atoms with E-state index in [0.717, 1.165) is 43.1 Å². The van der Waals surface area contributed by atoms with Crippen LogP contribution in [0.15, 0.2) is 41.0 Å². The average Bonchev–Trinajstić information content (AvgIpc) is 3.39. The first kappa shape index (κ1) is 20.6. The second-order valence-electron chi connectivity index (χ2n) is 7.68. The van der Waals surface area contributed by atoms with E-state index < -0.39 is 0 Å². The first-order valence-corrected chi connectivity index (χ1v) is 10.7. The average molecular weight is 428 g/mol. The van der Waals surface area contributed by atoms with Crippen molar-refractivity contribution in [3.63, 3.8) is 0 Å². The van der Waals surface area contributed by atoms with E-state index in [1.165, 1.54) is 6.42 Å². The third kappa shape index (κ3) is 4.42. The van der Waals surface area contributed by atoms with Crippen LogP contribution in [0.1, 0.15) is 52.9 Å². The second-order valence-corrected chi connectivity index (χ2v) is 8.08. The molecule has 158 valence electrons. The number of aryl methyl sites for hydroxylation is 2. The minimum Gasteiger partial charge on any atom is -0.468 e. The number of nitrogens with one attached hydrogen (secondary N) is 1. The highest BCUT2D eigenvalue weighted by atomic mass is 35.5. The molecule has 30 heavy (non-hydrogen) atoms. The van der Waals surface area contributed by atoms with Gasteiger partial charge in [-0.05, 0) is 70.1 Å². The first-order valence-electron chi connectivity index (χ1n) is 10.3. The molecular weight excluding hydrogens is 402 g/mol. The van der Waals surface area contributed by atoms with Crippen LogP contribution in [0.2, 0.25) is 5.02 Å². The molecule has 0 saturated carbocycles. The molecule has 7 nitrogen and oxygen atoms in total. The zero-order valence-corrected chi connectivity index (χ0v) is 18.0. The van der Waals surface area contributed by atoms with Crippen molar-refractivity contribution >= 4 is 17.5 Å². The van der Waals surface area contributed by atoms with E-state index in [-0.39, 0.29) is 17.6 Å². The van der Waals surface area contributed by atoms with E-state index in [2.05, 4.69) is 20.3 Å². The van der Waals surface area contributed by atoms with Crippen molar-refractivity contribution in [3.05, 3.63) is 64.5 Å². The summed E-state index contributed by atoms with van der Waals surface area (Å²) in [7, 11) is 0. The maximum atomic E-state index is 13.0. The maximum Gasteiger partial charge on any atom is 0.271 e. The summed E-state index contributed by atoms with van der Waals surface area (Å²) in [5.74, 6) is 1.11. The Labute approximate surface area is 181 Å². The minimum atomic E-state index is -0.308. The number of amides is 1. The van der Waals surface area contributed by atoms with Crippen LogP contribution in [0.25, 0.3) is 5.82 Å². The molecule has 0 bridgehead atoms. The van der Waals surface area contributed by atoms with Gasteiger partial charge in [0.1, 0.15) is 11.5 Å². The van der Waals surface area contributed by atoms with E-state index >= 15 is 0 Å². The summed E-state index contributed by atoms with van der Waals surface area (Å²) in [5, 5.41) is 7.76. The lowest BCUT2D eigenvalue weighted by molar-refractivity contribution is 0.0909. The molecule has 1 aliphatic rings. The molecule has 1 unspecified atom stereocenters. The van der Waals surface area contributed by atoms with Crippen LogP contribution >= 0.6 is 11.6 Å². The Hall–Kier alpha value is -2.64. The van der Waals surface area contributed by atoms with Crippen molar-refractivity contribution < 1.29 is 9.21 Å². The lowest BCUT2D eigenvalue weighted by atomic mass is 10.1. The summed E-state index contributed by atoms with van der Waals surface area (Å²) in [6, 6.07) is 9.23. The predicted octanol–water partition coefficient (Wildman–Crippen LogP) is 4.09. The highest BCUT2D eigenvalue weighted by Gasteiger charge is 2.26. The van der Waals surface area contributed by atoms with Gasteiger partial charge in [-0.2, -0.15) is 5.10 Å². The second kappa shape index (κ2) is 9.02. The molecule has 1 saturated heterocycles. The van der Waals surface area contributed by atoms with Gasteiger partial charge in [-0.1, -0.05) is 18.0 Å². The van der Waals surface area contributed by atoms with Gasteiger partial charge < -0.3 is 9.73 Å². The van der Waals surface area contributed by atoms with E-state index in [1.807, 2.05) is 32.0 Å². The fraction of sp³-hybridized carbons (Fsp3) is 0.409. The van der Waals surface area contributed by atoms with E-state index in [0.29, 0.717) is 17.4 Å². The molecule has 1 amide bonds. The molecule has 0 aromatic carbocycles. The van der Waals surface area contributed by atoms with Crippen molar-refractivity contribution in [2.75, 3.05) is 19.6 Å². The monoisotopic (exact) mass is 427 g/mol. The van der Waals surface area contributed by atoms with Gasteiger partial charge in [-0.25, -0.2) is 9.67 Å². The molecule has 3 aromatic heterocycles. The summed E-state index contributed by atoms with van der Waals surface area (Å²) in [4.78, 5) is 19.8. The molecule has 1 atom stereocenters. The number of pyridine rings is 1. The van der Waals surface area contributed by atoms with Gasteiger partial charge in [-0.15, -0.1) is 0 Å². The molecule has 0 radical (unpaired) electrons. The number of furan rings is 1. The zero-order chi connectivity index (χ0) is 21.1. The van der Waals surface area contributed by atoms with Gasteiger partial charge in [0, 0.05) is 12.2 Å². The largest absolute Gasteiger partial charge is 0.468 e. The number of hydrogen-bond donors (Lipinski definition) is 1. The molecule has 4 rings (SSSR count). The Morgan fingerprint density at radius 1 is 1.23 bits per heavy atom. The minimum absolute atomic E-state index is 0.0118. The summed E-state index contributed by atoms with van der Waals surface area (Å²) >= 11 is 6.31. The van der Waals surface area contributed by atoms with Crippen molar-refractivity contribution in [2.24, 2.45) is 0 Å². The normalized spacial score (nSPS) is 15.8. The third-order valence-corrected chi connectivity index (χ3v) is 5.74. The number of likely N-dealkylation sites (tertiary alicyclic amines) is 1. The Bertz CT molecular complexity index is 1010. The fourth-order valence-corrected chi connectivity index (χ4v) is 4.15. The number of carbonyl (C=O) groups excluding carboxylic acids is 1. The van der Waals surface area contributed by atoms with E-state index in [4.69, 9.17) is 16.0 Å². The lowest BCUT2D eigenvalue weighted by Gasteiger charge is -2.33. The van der Waals surface area contributed by atoms with Gasteiger partial charge in [0.15, 0.2) is 5.82 Å². The summed E-state index contributed by atoms with van der Waals surface area (Å²) in [6.07, 6.45) is 5.23. The zero-order valence-electron chi connectivity index (χ0n) is 17.3. The van der Waals surface area contributed by atoms with E-state index in [1.54, 1.807) is 23.1 Å². The smallest absolute Gasteiger partial charge is 0.271 e. The van der Waals surface area contributed by atoms with Crippen LogP contribution < -0.4 is 5.32 Å². The summed E-state index contributed by atoms with van der Waals surface area (Å²) in [5.41, 5.74) is 2.02. The molecule has 1 aliphatic heterocycles. The number of carbonyl (C=O) groups is 1. The highest BCUT2D eigenvalue weighted by Crippen LogP contribution is 2.25. The Balaban J connectivity index is 1.52. The topological polar surface area (TPSA) is 76.2 Å². The first-order chi connectivity index (χ1) is 14.5. The van der Waals surface area contributed by atoms with Crippen LogP contribution in [-0.2, 0) is 0 Å². The van der Waals surface area contributed by atoms with Crippen LogP contribution in [-0.4, -0.2) is 45.2 Å². The Morgan fingerprint density at radius 2 is 2.03 bits per heavy atom. The molecular formula is C22H26ClN5O2. The standard InChI is InChI=1S/C22H26ClN5O2/c1-15-13-16(2)28(26-15)20-9-8-17(23)21(25-20)22(29)24-14-18(19-7-6-12-30-19)27-10-4-3-5-11-27/h6-9,12-13,18H,3-5,10-11,14H2,1-2H3,(H,24,29). The third-order valence-electron chi connectivity index (χ3n) is 5.43. The molecule has 4 heterocycles. The van der Waals surface area contributed by atoms with Gasteiger partial charge in [0.2, 0.25) is 0 Å². The molecule has 3 aromatic rings. The number of rotatable bonds is 6. The summed E-state index contributed by atoms with van der Waals surface area (Å²) in [6.45, 7) is 6.28. The number of piperidine rings is 1. The Morgan fingerprint density at radius 3 is 2.70 bits per heavy atom. The van der Waals surface area contributed by atoms with Crippen LogP contribution in [0.3, 0.4) is 0 Å². The Kier molecular flexibility index (Phi) is 6.20. The van der Waals surface area contributed by atoms with Crippen molar-refractivity contribution in [1.82, 2.24) is 25.0 Å². The summed E-state index contributed by atoms with van der Waals surface area (Å²) < 4.78 is 7.37. The lowest BCUT2D eigenvalue weighted by Crippen LogP contribution is -2.40. The van der Waals surface area contributed by atoms with Crippen LogP contribution in [0, 0.1) is 13.8 Å². The quantitative estimate of drug-likeness (QED) is 0.641. The molecule has 0 aliphatic carbocycles.